The molecule has 0 N–H and O–H groups in total. The third kappa shape index (κ3) is 6.60. The number of rotatable bonds is 10. The lowest BCUT2D eigenvalue weighted by atomic mass is 10.1. The number of hydrogen-bond donors (Lipinski definition) is 0. The minimum absolute atomic E-state index is 0.0605. The zero-order valence-corrected chi connectivity index (χ0v) is 25.6. The number of nitrogens with zero attached hydrogens (tertiary/aromatic N) is 3. The molecule has 0 atom stereocenters. The highest BCUT2D eigenvalue weighted by atomic mass is 32.2. The number of hydrogen-bond acceptors (Lipinski definition) is 7. The van der Waals surface area contributed by atoms with Gasteiger partial charge in [0, 0.05) is 62.8 Å². The lowest BCUT2D eigenvalue weighted by molar-refractivity contribution is -0.129. The lowest BCUT2D eigenvalue weighted by Gasteiger charge is -2.37. The quantitative estimate of drug-likeness (QED) is 0.235. The van der Waals surface area contributed by atoms with Gasteiger partial charge in [-0.05, 0) is 55.7 Å². The van der Waals surface area contributed by atoms with E-state index < -0.39 is 16.0 Å². The summed E-state index contributed by atoms with van der Waals surface area (Å²) in [6.07, 6.45) is 0.541. The SMILES string of the molecule is CCOC(=O)c1oc2ccc(S(=O)(=O)N(CCc3ccccc3)Cc3ccccc3N3CCN(C(C)=O)CC3)cc2c1C. The predicted molar refractivity (Wildman–Crippen MR) is 166 cm³/mol. The molecule has 0 aliphatic carbocycles. The van der Waals surface area contributed by atoms with Gasteiger partial charge >= 0.3 is 5.97 Å². The lowest BCUT2D eigenvalue weighted by Crippen LogP contribution is -2.48. The Morgan fingerprint density at radius 1 is 0.953 bits per heavy atom. The van der Waals surface area contributed by atoms with Gasteiger partial charge in [-0.1, -0.05) is 48.5 Å². The highest BCUT2D eigenvalue weighted by Crippen LogP contribution is 2.31. The van der Waals surface area contributed by atoms with Crippen molar-refractivity contribution in [3.05, 3.63) is 95.2 Å². The molecule has 1 amide bonds. The van der Waals surface area contributed by atoms with Gasteiger partial charge in [-0.15, -0.1) is 0 Å². The first-order valence-electron chi connectivity index (χ1n) is 14.5. The van der Waals surface area contributed by atoms with E-state index in [0.717, 1.165) is 16.8 Å². The summed E-state index contributed by atoms with van der Waals surface area (Å²) in [7, 11) is -3.96. The van der Waals surface area contributed by atoms with E-state index in [0.29, 0.717) is 49.1 Å². The second-order valence-corrected chi connectivity index (χ2v) is 12.6. The number of anilines is 1. The van der Waals surface area contributed by atoms with E-state index in [-0.39, 0.29) is 36.3 Å². The Labute approximate surface area is 252 Å². The Balaban J connectivity index is 1.48. The van der Waals surface area contributed by atoms with Gasteiger partial charge in [-0.25, -0.2) is 13.2 Å². The number of fused-ring (bicyclic) bond motifs is 1. The first-order valence-corrected chi connectivity index (χ1v) is 16.0. The van der Waals surface area contributed by atoms with Crippen LogP contribution in [0.2, 0.25) is 0 Å². The van der Waals surface area contributed by atoms with Crippen LogP contribution in [0.3, 0.4) is 0 Å². The monoisotopic (exact) mass is 603 g/mol. The van der Waals surface area contributed by atoms with Crippen LogP contribution in [0.15, 0.2) is 82.1 Å². The van der Waals surface area contributed by atoms with Crippen molar-refractivity contribution in [3.63, 3.8) is 0 Å². The summed E-state index contributed by atoms with van der Waals surface area (Å²) in [6.45, 7) is 8.27. The largest absolute Gasteiger partial charge is 0.460 e. The Bertz CT molecular complexity index is 1710. The van der Waals surface area contributed by atoms with E-state index in [1.54, 1.807) is 32.9 Å². The summed E-state index contributed by atoms with van der Waals surface area (Å²) in [4.78, 5) is 28.4. The third-order valence-electron chi connectivity index (χ3n) is 7.90. The van der Waals surface area contributed by atoms with Gasteiger partial charge in [0.2, 0.25) is 21.7 Å². The number of furan rings is 1. The molecule has 1 saturated heterocycles. The van der Waals surface area contributed by atoms with Gasteiger partial charge in [0.15, 0.2) is 0 Å². The molecule has 0 unspecified atom stereocenters. The molecule has 3 aromatic carbocycles. The minimum Gasteiger partial charge on any atom is -0.460 e. The molecule has 0 bridgehead atoms. The Hall–Kier alpha value is -4.15. The molecule has 0 saturated carbocycles. The smallest absolute Gasteiger partial charge is 0.374 e. The van der Waals surface area contributed by atoms with Gasteiger partial charge in [0.1, 0.15) is 5.58 Å². The van der Waals surface area contributed by atoms with E-state index in [1.807, 2.05) is 59.5 Å². The number of piperazine rings is 1. The maximum atomic E-state index is 14.3. The highest BCUT2D eigenvalue weighted by molar-refractivity contribution is 7.89. The molecule has 226 valence electrons. The maximum Gasteiger partial charge on any atom is 0.374 e. The number of para-hydroxylation sites is 1. The number of carbonyl (C=O) groups excluding carboxylic acids is 2. The van der Waals surface area contributed by atoms with Gasteiger partial charge in [0.25, 0.3) is 0 Å². The standard InChI is InChI=1S/C33H37N3O6S/c1-4-41-33(38)32-24(2)29-22-28(14-15-31(29)42-32)43(39,40)36(17-16-26-10-6-5-7-11-26)23-27-12-8-9-13-30(27)35-20-18-34(19-21-35)25(3)37/h5-15,22H,4,16-21,23H2,1-3H3. The molecule has 1 fully saturated rings. The average Bonchev–Trinajstić information content (AvgIpc) is 3.35. The molecular formula is C33H37N3O6S. The number of benzene rings is 3. The van der Waals surface area contributed by atoms with Crippen LogP contribution in [0.25, 0.3) is 11.0 Å². The Morgan fingerprint density at radius 2 is 1.65 bits per heavy atom. The molecule has 0 radical (unpaired) electrons. The van der Waals surface area contributed by atoms with Crippen LogP contribution in [-0.4, -0.2) is 68.8 Å². The van der Waals surface area contributed by atoms with Crippen molar-refractivity contribution in [2.45, 2.75) is 38.6 Å². The van der Waals surface area contributed by atoms with Crippen LogP contribution in [0, 0.1) is 6.92 Å². The molecule has 5 rings (SSSR count). The van der Waals surface area contributed by atoms with E-state index in [9.17, 15) is 18.0 Å². The Kier molecular flexibility index (Phi) is 9.17. The zero-order valence-electron chi connectivity index (χ0n) is 24.8. The van der Waals surface area contributed by atoms with Crippen molar-refractivity contribution in [3.8, 4) is 0 Å². The normalized spacial score (nSPS) is 14.0. The van der Waals surface area contributed by atoms with Crippen molar-refractivity contribution in [2.75, 3.05) is 44.2 Å². The second-order valence-electron chi connectivity index (χ2n) is 10.6. The fourth-order valence-corrected chi connectivity index (χ4v) is 6.93. The molecule has 2 heterocycles. The summed E-state index contributed by atoms with van der Waals surface area (Å²) in [6, 6.07) is 22.4. The summed E-state index contributed by atoms with van der Waals surface area (Å²) >= 11 is 0. The number of sulfonamides is 1. The second kappa shape index (κ2) is 13.0. The molecule has 1 aromatic heterocycles. The fourth-order valence-electron chi connectivity index (χ4n) is 5.49. The van der Waals surface area contributed by atoms with Crippen molar-refractivity contribution >= 4 is 38.6 Å². The molecule has 1 aliphatic rings. The van der Waals surface area contributed by atoms with Crippen LogP contribution in [0.4, 0.5) is 5.69 Å². The minimum atomic E-state index is -3.96. The topological polar surface area (TPSA) is 100 Å². The first kappa shape index (κ1) is 30.3. The van der Waals surface area contributed by atoms with Crippen molar-refractivity contribution in [1.29, 1.82) is 0 Å². The summed E-state index contributed by atoms with van der Waals surface area (Å²) < 4.78 is 41.0. The summed E-state index contributed by atoms with van der Waals surface area (Å²) in [5.41, 5.74) is 3.85. The molecule has 9 nitrogen and oxygen atoms in total. The van der Waals surface area contributed by atoms with E-state index in [4.69, 9.17) is 9.15 Å². The van der Waals surface area contributed by atoms with Crippen molar-refractivity contribution in [1.82, 2.24) is 9.21 Å². The van der Waals surface area contributed by atoms with Gasteiger partial charge in [-0.3, -0.25) is 4.79 Å². The summed E-state index contributed by atoms with van der Waals surface area (Å²) in [5, 5.41) is 0.552. The van der Waals surface area contributed by atoms with Crippen LogP contribution in [0.5, 0.6) is 0 Å². The van der Waals surface area contributed by atoms with Gasteiger partial charge in [0.05, 0.1) is 11.5 Å². The summed E-state index contributed by atoms with van der Waals surface area (Å²) in [5.74, 6) is -0.442. The third-order valence-corrected chi connectivity index (χ3v) is 9.74. The number of carbonyl (C=O) groups is 2. The number of amides is 1. The van der Waals surface area contributed by atoms with Crippen molar-refractivity contribution < 1.29 is 27.2 Å². The number of aryl methyl sites for hydroxylation is 1. The number of ether oxygens (including phenoxy) is 1. The predicted octanol–water partition coefficient (Wildman–Crippen LogP) is 5.02. The zero-order chi connectivity index (χ0) is 30.6. The van der Waals surface area contributed by atoms with Crippen LogP contribution in [0.1, 0.15) is 41.1 Å². The molecule has 0 spiro atoms. The van der Waals surface area contributed by atoms with E-state index in [1.165, 1.54) is 10.4 Å². The highest BCUT2D eigenvalue weighted by Gasteiger charge is 2.29. The first-order chi connectivity index (χ1) is 20.7. The molecule has 1 aliphatic heterocycles. The average molecular weight is 604 g/mol. The van der Waals surface area contributed by atoms with E-state index >= 15 is 0 Å². The van der Waals surface area contributed by atoms with Crippen LogP contribution < -0.4 is 4.90 Å². The maximum absolute atomic E-state index is 14.3. The van der Waals surface area contributed by atoms with Crippen LogP contribution >= 0.6 is 0 Å². The fraction of sp³-hybridized carbons (Fsp3) is 0.333. The molecule has 4 aromatic rings. The van der Waals surface area contributed by atoms with Crippen molar-refractivity contribution in [2.24, 2.45) is 0 Å². The molecule has 43 heavy (non-hydrogen) atoms. The molecular weight excluding hydrogens is 566 g/mol. The molecule has 10 heteroatoms. The van der Waals surface area contributed by atoms with E-state index in [2.05, 4.69) is 4.90 Å². The van der Waals surface area contributed by atoms with Gasteiger partial charge in [-0.2, -0.15) is 4.31 Å². The Morgan fingerprint density at radius 3 is 2.35 bits per heavy atom. The van der Waals surface area contributed by atoms with Gasteiger partial charge < -0.3 is 19.0 Å². The number of esters is 1. The van der Waals surface area contributed by atoms with Crippen LogP contribution in [-0.2, 0) is 32.5 Å².